The quantitative estimate of drug-likeness (QED) is 0.539. The predicted molar refractivity (Wildman–Crippen MR) is 120 cm³/mol. The lowest BCUT2D eigenvalue weighted by molar-refractivity contribution is -0.115. The Morgan fingerprint density at radius 2 is 1.82 bits per heavy atom. The minimum atomic E-state index is -0.0443. The smallest absolute Gasteiger partial charge is 0.230 e. The number of aryl methyl sites for hydroxylation is 1. The van der Waals surface area contributed by atoms with Gasteiger partial charge in [0, 0.05) is 23.2 Å². The molecule has 0 saturated heterocycles. The van der Waals surface area contributed by atoms with Crippen LogP contribution in [0, 0.1) is 0 Å². The van der Waals surface area contributed by atoms with Gasteiger partial charge in [0.2, 0.25) is 5.91 Å². The summed E-state index contributed by atoms with van der Waals surface area (Å²) in [6, 6.07) is 16.3. The number of hydrogen-bond donors (Lipinski definition) is 2. The van der Waals surface area contributed by atoms with E-state index in [0.717, 1.165) is 47.0 Å². The highest BCUT2D eigenvalue weighted by Gasteiger charge is 2.11. The maximum Gasteiger partial charge on any atom is 0.230 e. The lowest BCUT2D eigenvalue weighted by Crippen LogP contribution is -2.18. The van der Waals surface area contributed by atoms with Gasteiger partial charge in [-0.05, 0) is 30.2 Å². The Labute approximate surface area is 176 Å². The molecule has 0 spiro atoms. The minimum absolute atomic E-state index is 0. The van der Waals surface area contributed by atoms with E-state index in [1.165, 1.54) is 5.56 Å². The van der Waals surface area contributed by atoms with Crippen LogP contribution in [-0.4, -0.2) is 17.4 Å². The highest BCUT2D eigenvalue weighted by Crippen LogP contribution is 2.24. The van der Waals surface area contributed by atoms with Crippen LogP contribution >= 0.6 is 23.7 Å². The zero-order chi connectivity index (χ0) is 19.1. The number of nitrogens with zero attached hydrogens (tertiary/aromatic N) is 1. The molecule has 3 rings (SSSR count). The number of carbonyl (C=O) groups excluding carboxylic acids is 1. The highest BCUT2D eigenvalue weighted by atomic mass is 35.5. The molecule has 3 aromatic rings. The number of carbonyl (C=O) groups is 1. The fourth-order valence-electron chi connectivity index (χ4n) is 2.82. The van der Waals surface area contributed by atoms with Gasteiger partial charge in [0.25, 0.3) is 0 Å². The maximum atomic E-state index is 12.5. The minimum Gasteiger partial charge on any atom is -0.325 e. The molecule has 0 fully saturated rings. The van der Waals surface area contributed by atoms with Gasteiger partial charge in [-0.2, -0.15) is 0 Å². The number of nitrogens with one attached hydrogen (secondary N) is 2. The summed E-state index contributed by atoms with van der Waals surface area (Å²) in [5.41, 5.74) is 5.15. The molecule has 0 aliphatic rings. The average Bonchev–Trinajstić information content (AvgIpc) is 3.15. The van der Waals surface area contributed by atoms with E-state index in [-0.39, 0.29) is 24.7 Å². The topological polar surface area (TPSA) is 54.0 Å². The lowest BCUT2D eigenvalue weighted by Gasteiger charge is -2.11. The van der Waals surface area contributed by atoms with Crippen LogP contribution in [0.5, 0.6) is 0 Å². The van der Waals surface area contributed by atoms with Crippen LogP contribution in [0.3, 0.4) is 0 Å². The molecule has 0 aliphatic heterocycles. The van der Waals surface area contributed by atoms with Gasteiger partial charge in [-0.25, -0.2) is 4.98 Å². The second-order valence-electron chi connectivity index (χ2n) is 6.36. The molecule has 1 heterocycles. The van der Waals surface area contributed by atoms with Crippen molar-refractivity contribution < 1.29 is 4.79 Å². The number of halogens is 1. The molecule has 2 aromatic carbocycles. The number of amides is 1. The first kappa shape index (κ1) is 22.1. The zero-order valence-corrected chi connectivity index (χ0v) is 17.8. The van der Waals surface area contributed by atoms with Crippen molar-refractivity contribution in [1.82, 2.24) is 10.3 Å². The lowest BCUT2D eigenvalue weighted by atomic mass is 10.1. The Hall–Kier alpha value is -2.21. The molecule has 1 aromatic heterocycles. The van der Waals surface area contributed by atoms with Crippen molar-refractivity contribution in [3.05, 3.63) is 70.7 Å². The van der Waals surface area contributed by atoms with E-state index in [2.05, 4.69) is 53.7 Å². The number of thiazole rings is 1. The Kier molecular flexibility index (Phi) is 8.64. The Balaban J connectivity index is 0.00000280. The van der Waals surface area contributed by atoms with Crippen molar-refractivity contribution in [3.63, 3.8) is 0 Å². The van der Waals surface area contributed by atoms with Gasteiger partial charge in [-0.1, -0.05) is 56.3 Å². The van der Waals surface area contributed by atoms with Crippen molar-refractivity contribution in [2.45, 2.75) is 33.2 Å². The zero-order valence-electron chi connectivity index (χ0n) is 16.2. The largest absolute Gasteiger partial charge is 0.325 e. The van der Waals surface area contributed by atoms with Crippen LogP contribution in [0.1, 0.15) is 30.7 Å². The molecule has 28 heavy (non-hydrogen) atoms. The molecule has 0 saturated carbocycles. The van der Waals surface area contributed by atoms with E-state index in [0.29, 0.717) is 0 Å². The third-order valence-corrected chi connectivity index (χ3v) is 5.30. The number of anilines is 1. The first-order valence-corrected chi connectivity index (χ1v) is 10.2. The molecular formula is C22H26ClN3OS. The third-order valence-electron chi connectivity index (χ3n) is 4.36. The molecule has 0 unspecified atom stereocenters. The molecule has 148 valence electrons. The van der Waals surface area contributed by atoms with Crippen molar-refractivity contribution in [2.75, 3.05) is 11.9 Å². The Bertz CT molecular complexity index is 893. The second-order valence-corrected chi connectivity index (χ2v) is 7.22. The van der Waals surface area contributed by atoms with E-state index in [1.807, 2.05) is 29.6 Å². The van der Waals surface area contributed by atoms with Crippen LogP contribution in [0.4, 0.5) is 5.69 Å². The number of benzene rings is 2. The van der Waals surface area contributed by atoms with Crippen molar-refractivity contribution in [3.8, 4) is 10.6 Å². The van der Waals surface area contributed by atoms with Gasteiger partial charge < -0.3 is 10.6 Å². The van der Waals surface area contributed by atoms with Gasteiger partial charge in [-0.15, -0.1) is 23.7 Å². The number of rotatable bonds is 8. The number of para-hydroxylation sites is 1. The molecule has 4 nitrogen and oxygen atoms in total. The van der Waals surface area contributed by atoms with Gasteiger partial charge >= 0.3 is 0 Å². The second kappa shape index (κ2) is 11.0. The summed E-state index contributed by atoms with van der Waals surface area (Å²) in [5, 5.41) is 9.23. The molecule has 0 atom stereocenters. The van der Waals surface area contributed by atoms with E-state index in [1.54, 1.807) is 11.3 Å². The van der Waals surface area contributed by atoms with Crippen molar-refractivity contribution in [1.29, 1.82) is 0 Å². The van der Waals surface area contributed by atoms with Crippen LogP contribution in [-0.2, 0) is 24.2 Å². The summed E-state index contributed by atoms with van der Waals surface area (Å²) in [5.74, 6) is -0.0443. The number of hydrogen-bond acceptors (Lipinski definition) is 4. The SMILES string of the molecule is CCNCc1ccccc1NC(=O)Cc1csc(-c2ccc(CC)cc2)n1.Cl. The fourth-order valence-corrected chi connectivity index (χ4v) is 3.64. The molecular weight excluding hydrogens is 390 g/mol. The normalized spacial score (nSPS) is 10.4. The molecule has 0 radical (unpaired) electrons. The molecule has 2 N–H and O–H groups in total. The Morgan fingerprint density at radius 3 is 2.54 bits per heavy atom. The highest BCUT2D eigenvalue weighted by molar-refractivity contribution is 7.13. The first-order chi connectivity index (χ1) is 13.2. The van der Waals surface area contributed by atoms with Crippen molar-refractivity contribution >= 4 is 35.3 Å². The Morgan fingerprint density at radius 1 is 1.07 bits per heavy atom. The van der Waals surface area contributed by atoms with E-state index in [9.17, 15) is 4.79 Å². The van der Waals surface area contributed by atoms with E-state index >= 15 is 0 Å². The van der Waals surface area contributed by atoms with Crippen LogP contribution in [0.15, 0.2) is 53.9 Å². The fraction of sp³-hybridized carbons (Fsp3) is 0.273. The summed E-state index contributed by atoms with van der Waals surface area (Å²) in [4.78, 5) is 17.1. The number of aromatic nitrogens is 1. The van der Waals surface area contributed by atoms with E-state index in [4.69, 9.17) is 0 Å². The van der Waals surface area contributed by atoms with Gasteiger partial charge in [-0.3, -0.25) is 4.79 Å². The average molecular weight is 416 g/mol. The standard InChI is InChI=1S/C22H25N3OS.ClH/c1-3-16-9-11-17(12-10-16)22-24-19(15-27-22)13-21(26)25-20-8-6-5-7-18(20)14-23-4-2;/h5-12,15,23H,3-4,13-14H2,1-2H3,(H,25,26);1H. The molecule has 0 bridgehead atoms. The van der Waals surface area contributed by atoms with Crippen LogP contribution < -0.4 is 10.6 Å². The van der Waals surface area contributed by atoms with Crippen LogP contribution in [0.2, 0.25) is 0 Å². The predicted octanol–water partition coefficient (Wildman–Crippen LogP) is 5.09. The van der Waals surface area contributed by atoms with Gasteiger partial charge in [0.15, 0.2) is 0 Å². The van der Waals surface area contributed by atoms with E-state index < -0.39 is 0 Å². The summed E-state index contributed by atoms with van der Waals surface area (Å²) in [6.45, 7) is 5.84. The molecule has 6 heteroatoms. The summed E-state index contributed by atoms with van der Waals surface area (Å²) in [6.07, 6.45) is 1.30. The summed E-state index contributed by atoms with van der Waals surface area (Å²) in [7, 11) is 0. The van der Waals surface area contributed by atoms with Gasteiger partial charge in [0.1, 0.15) is 5.01 Å². The summed E-state index contributed by atoms with van der Waals surface area (Å²) < 4.78 is 0. The monoisotopic (exact) mass is 415 g/mol. The maximum absolute atomic E-state index is 12.5. The molecule has 1 amide bonds. The summed E-state index contributed by atoms with van der Waals surface area (Å²) >= 11 is 1.58. The van der Waals surface area contributed by atoms with Crippen molar-refractivity contribution in [2.24, 2.45) is 0 Å². The third kappa shape index (κ3) is 5.89. The van der Waals surface area contributed by atoms with Gasteiger partial charge in [0.05, 0.1) is 12.1 Å². The first-order valence-electron chi connectivity index (χ1n) is 9.31. The van der Waals surface area contributed by atoms with Crippen LogP contribution in [0.25, 0.3) is 10.6 Å². The molecule has 0 aliphatic carbocycles.